The van der Waals surface area contributed by atoms with E-state index in [1.54, 1.807) is 0 Å². The van der Waals surface area contributed by atoms with E-state index in [0.29, 0.717) is 11.5 Å². The molecule has 0 bridgehead atoms. The number of aromatic hydroxyl groups is 4. The Morgan fingerprint density at radius 1 is 1.13 bits per heavy atom. The summed E-state index contributed by atoms with van der Waals surface area (Å²) in [5, 5.41) is 40.8. The first-order chi connectivity index (χ1) is 14.7. The summed E-state index contributed by atoms with van der Waals surface area (Å²) in [4.78, 5) is 13.1. The number of hydrogen-bond donors (Lipinski definition) is 4. The van der Waals surface area contributed by atoms with Crippen LogP contribution in [-0.2, 0) is 6.42 Å². The van der Waals surface area contributed by atoms with Crippen molar-refractivity contribution in [2.45, 2.75) is 39.5 Å². The molecular formula is C25H28O6. The Bertz CT molecular complexity index is 1050. The minimum atomic E-state index is -0.836. The predicted molar refractivity (Wildman–Crippen MR) is 118 cm³/mol. The van der Waals surface area contributed by atoms with Crippen LogP contribution in [0.15, 0.2) is 48.1 Å². The molecule has 31 heavy (non-hydrogen) atoms. The molecule has 0 saturated heterocycles. The molecule has 0 saturated carbocycles. The number of carbonyl (C=O) groups is 1. The van der Waals surface area contributed by atoms with Gasteiger partial charge in [-0.05, 0) is 38.7 Å². The summed E-state index contributed by atoms with van der Waals surface area (Å²) in [6.45, 7) is 6.16. The number of phenols is 4. The van der Waals surface area contributed by atoms with E-state index in [4.69, 9.17) is 4.74 Å². The lowest BCUT2D eigenvalue weighted by Gasteiger charge is -2.26. The van der Waals surface area contributed by atoms with Crippen molar-refractivity contribution in [2.24, 2.45) is 5.92 Å². The minimum Gasteiger partial charge on any atom is -0.508 e. The van der Waals surface area contributed by atoms with Crippen LogP contribution in [-0.4, -0.2) is 32.8 Å². The molecule has 4 N–H and O–H groups in total. The monoisotopic (exact) mass is 424 g/mol. The molecule has 0 aromatic heterocycles. The van der Waals surface area contributed by atoms with Crippen LogP contribution in [0.2, 0.25) is 0 Å². The Labute approximate surface area is 181 Å². The largest absolute Gasteiger partial charge is 0.508 e. The van der Waals surface area contributed by atoms with Gasteiger partial charge in [0.1, 0.15) is 40.9 Å². The highest BCUT2D eigenvalue weighted by molar-refractivity contribution is 6.07. The van der Waals surface area contributed by atoms with E-state index >= 15 is 0 Å². The van der Waals surface area contributed by atoms with E-state index in [2.05, 4.69) is 13.0 Å². The quantitative estimate of drug-likeness (QED) is 0.488. The van der Waals surface area contributed by atoms with Crippen LogP contribution in [0.5, 0.6) is 28.7 Å². The number of hydrogen-bond acceptors (Lipinski definition) is 6. The second kappa shape index (κ2) is 9.16. The maximum absolute atomic E-state index is 13.1. The lowest BCUT2D eigenvalue weighted by Crippen LogP contribution is -2.26. The van der Waals surface area contributed by atoms with Crippen LogP contribution in [0.4, 0.5) is 0 Å². The third-order valence-corrected chi connectivity index (χ3v) is 5.32. The number of phenolic OH excluding ortho intramolecular Hbond substituents is 4. The minimum absolute atomic E-state index is 0.0113. The number of ketones is 1. The number of fused-ring (bicyclic) bond motifs is 1. The Hall–Kier alpha value is -3.41. The molecule has 6 nitrogen and oxygen atoms in total. The molecule has 2 atom stereocenters. The number of allylic oxidation sites excluding steroid dienone is 4. The number of benzene rings is 2. The third-order valence-electron chi connectivity index (χ3n) is 5.32. The van der Waals surface area contributed by atoms with Gasteiger partial charge in [0.25, 0.3) is 0 Å². The topological polar surface area (TPSA) is 107 Å². The first-order valence-corrected chi connectivity index (χ1v) is 10.3. The maximum atomic E-state index is 13.1. The SMILES string of the molecule is CC(C)=C[C@@H](C)C/C=C/Cc1c(O)cc2c(c1O)C(=O)[C@@H](c1ccc(O)cc1O)CO2. The van der Waals surface area contributed by atoms with Gasteiger partial charge in [-0.3, -0.25) is 4.79 Å². The lowest BCUT2D eigenvalue weighted by molar-refractivity contribution is 0.0889. The van der Waals surface area contributed by atoms with Crippen molar-refractivity contribution in [1.82, 2.24) is 0 Å². The molecule has 0 amide bonds. The summed E-state index contributed by atoms with van der Waals surface area (Å²) >= 11 is 0. The predicted octanol–water partition coefficient (Wildman–Crippen LogP) is 4.96. The van der Waals surface area contributed by atoms with Crippen LogP contribution in [0, 0.1) is 5.92 Å². The number of rotatable bonds is 6. The lowest BCUT2D eigenvalue weighted by atomic mass is 9.86. The van der Waals surface area contributed by atoms with Crippen molar-refractivity contribution in [2.75, 3.05) is 6.61 Å². The van der Waals surface area contributed by atoms with Crippen molar-refractivity contribution in [3.63, 3.8) is 0 Å². The molecule has 3 rings (SSSR count). The van der Waals surface area contributed by atoms with Gasteiger partial charge in [0, 0.05) is 23.3 Å². The summed E-state index contributed by atoms with van der Waals surface area (Å²) in [5.41, 5.74) is 1.79. The molecule has 164 valence electrons. The highest BCUT2D eigenvalue weighted by atomic mass is 16.5. The van der Waals surface area contributed by atoms with Gasteiger partial charge in [0.2, 0.25) is 0 Å². The fraction of sp³-hybridized carbons (Fsp3) is 0.320. The Balaban J connectivity index is 1.86. The van der Waals surface area contributed by atoms with Gasteiger partial charge in [-0.1, -0.05) is 36.8 Å². The fourth-order valence-corrected chi connectivity index (χ4v) is 3.86. The third kappa shape index (κ3) is 4.85. The van der Waals surface area contributed by atoms with E-state index in [-0.39, 0.29) is 52.9 Å². The number of Topliss-reactive ketones (excluding diaryl/α,β-unsaturated/α-hetero) is 1. The summed E-state index contributed by atoms with van der Waals surface area (Å²) in [6, 6.07) is 5.33. The van der Waals surface area contributed by atoms with Gasteiger partial charge >= 0.3 is 0 Å². The summed E-state index contributed by atoms with van der Waals surface area (Å²) < 4.78 is 5.62. The Kier molecular flexibility index (Phi) is 6.59. The molecule has 1 aliphatic rings. The smallest absolute Gasteiger partial charge is 0.181 e. The summed E-state index contributed by atoms with van der Waals surface area (Å²) in [6.07, 6.45) is 7.09. The molecule has 0 unspecified atom stereocenters. The van der Waals surface area contributed by atoms with Gasteiger partial charge in [-0.2, -0.15) is 0 Å². The molecule has 6 heteroatoms. The van der Waals surface area contributed by atoms with Crippen molar-refractivity contribution in [1.29, 1.82) is 0 Å². The first kappa shape index (κ1) is 22.3. The average Bonchev–Trinajstić information content (AvgIpc) is 2.67. The molecule has 0 spiro atoms. The standard InChI is InChI=1S/C25H28O6/c1-14(2)10-15(3)6-4-5-7-18-21(28)12-22-23(24(18)29)25(30)19(13-31-22)17-9-8-16(26)11-20(17)27/h4-5,8-12,15,19,26-29H,6-7,13H2,1-3H3/b5-4+/t15-,19+/m0/s1. The Morgan fingerprint density at radius 3 is 2.55 bits per heavy atom. The van der Waals surface area contributed by atoms with Crippen molar-refractivity contribution < 1.29 is 30.0 Å². The van der Waals surface area contributed by atoms with Crippen LogP contribution in [0.3, 0.4) is 0 Å². The summed E-state index contributed by atoms with van der Waals surface area (Å²) in [5.74, 6) is -1.56. The molecule has 0 radical (unpaired) electrons. The van der Waals surface area contributed by atoms with Crippen LogP contribution < -0.4 is 4.74 Å². The zero-order chi connectivity index (χ0) is 22.7. The van der Waals surface area contributed by atoms with Crippen molar-refractivity contribution >= 4 is 5.78 Å². The van der Waals surface area contributed by atoms with E-state index in [1.807, 2.05) is 26.0 Å². The molecule has 0 aliphatic carbocycles. The molecule has 2 aromatic rings. The van der Waals surface area contributed by atoms with Crippen LogP contribution in [0.1, 0.15) is 54.6 Å². The second-order valence-electron chi connectivity index (χ2n) is 8.20. The fourth-order valence-electron chi connectivity index (χ4n) is 3.86. The van der Waals surface area contributed by atoms with E-state index in [9.17, 15) is 25.2 Å². The van der Waals surface area contributed by atoms with E-state index < -0.39 is 11.7 Å². The van der Waals surface area contributed by atoms with E-state index in [1.165, 1.54) is 23.8 Å². The molecule has 2 aromatic carbocycles. The van der Waals surface area contributed by atoms with Gasteiger partial charge < -0.3 is 25.2 Å². The van der Waals surface area contributed by atoms with E-state index in [0.717, 1.165) is 12.5 Å². The molecule has 1 heterocycles. The van der Waals surface area contributed by atoms with Gasteiger partial charge in [0.15, 0.2) is 5.78 Å². The van der Waals surface area contributed by atoms with Gasteiger partial charge in [-0.15, -0.1) is 0 Å². The van der Waals surface area contributed by atoms with Gasteiger partial charge in [-0.25, -0.2) is 0 Å². The second-order valence-corrected chi connectivity index (χ2v) is 8.20. The van der Waals surface area contributed by atoms with Gasteiger partial charge in [0.05, 0.1) is 5.92 Å². The number of carbonyl (C=O) groups excluding carboxylic acids is 1. The van der Waals surface area contributed by atoms with Crippen LogP contribution >= 0.6 is 0 Å². The number of ether oxygens (including phenoxy) is 1. The highest BCUT2D eigenvalue weighted by Gasteiger charge is 2.35. The zero-order valence-corrected chi connectivity index (χ0v) is 17.9. The summed E-state index contributed by atoms with van der Waals surface area (Å²) in [7, 11) is 0. The molecular weight excluding hydrogens is 396 g/mol. The molecule has 0 fully saturated rings. The first-order valence-electron chi connectivity index (χ1n) is 10.3. The highest BCUT2D eigenvalue weighted by Crippen LogP contribution is 2.45. The van der Waals surface area contributed by atoms with Crippen molar-refractivity contribution in [3.05, 3.63) is 64.8 Å². The van der Waals surface area contributed by atoms with Crippen molar-refractivity contribution in [3.8, 4) is 28.7 Å². The molecule has 1 aliphatic heterocycles. The Morgan fingerprint density at radius 2 is 1.87 bits per heavy atom. The maximum Gasteiger partial charge on any atom is 0.181 e. The average molecular weight is 424 g/mol. The zero-order valence-electron chi connectivity index (χ0n) is 17.9. The normalized spacial score (nSPS) is 16.6. The van der Waals surface area contributed by atoms with Crippen LogP contribution in [0.25, 0.3) is 0 Å².